The molecule has 0 aliphatic heterocycles. The van der Waals surface area contributed by atoms with Gasteiger partial charge in [0.05, 0.1) is 6.10 Å². The summed E-state index contributed by atoms with van der Waals surface area (Å²) >= 11 is 0. The zero-order valence-corrected chi connectivity index (χ0v) is 13.8. The molecule has 2 saturated carbocycles. The minimum atomic E-state index is -0.572. The highest BCUT2D eigenvalue weighted by atomic mass is 16.5. The first-order chi connectivity index (χ1) is 10.6. The van der Waals surface area contributed by atoms with Crippen LogP contribution in [0.4, 0.5) is 0 Å². The summed E-state index contributed by atoms with van der Waals surface area (Å²) in [6.45, 7) is 1.70. The van der Waals surface area contributed by atoms with Gasteiger partial charge in [0.15, 0.2) is 0 Å². The van der Waals surface area contributed by atoms with Crippen LogP contribution in [-0.2, 0) is 19.1 Å². The molecule has 2 fully saturated rings. The third kappa shape index (κ3) is 5.27. The van der Waals surface area contributed by atoms with Crippen molar-refractivity contribution in [3.05, 3.63) is 0 Å². The first-order valence-corrected chi connectivity index (χ1v) is 8.61. The number of hydrogen-bond acceptors (Lipinski definition) is 4. The predicted molar refractivity (Wildman–Crippen MR) is 83.3 cm³/mol. The number of rotatable bonds is 6. The van der Waals surface area contributed by atoms with E-state index in [2.05, 4.69) is 5.32 Å². The maximum absolute atomic E-state index is 12.1. The lowest BCUT2D eigenvalue weighted by Crippen LogP contribution is -2.42. The van der Waals surface area contributed by atoms with Crippen molar-refractivity contribution in [1.82, 2.24) is 5.32 Å². The number of ether oxygens (including phenoxy) is 2. The Morgan fingerprint density at radius 2 is 1.77 bits per heavy atom. The van der Waals surface area contributed by atoms with Gasteiger partial charge in [-0.15, -0.1) is 0 Å². The molecule has 0 saturated heterocycles. The Labute approximate surface area is 133 Å². The van der Waals surface area contributed by atoms with Crippen LogP contribution in [0.5, 0.6) is 0 Å². The molecule has 0 spiro atoms. The van der Waals surface area contributed by atoms with E-state index >= 15 is 0 Å². The SMILES string of the molecule is CO[C@@H]1CCC[C@@H](OC(=O)[C@@H](C)NC(=O)CC2CCCC2)C1. The summed E-state index contributed by atoms with van der Waals surface area (Å²) < 4.78 is 10.9. The molecule has 0 unspecified atom stereocenters. The molecule has 2 aliphatic carbocycles. The molecule has 5 heteroatoms. The topological polar surface area (TPSA) is 64.6 Å². The van der Waals surface area contributed by atoms with Crippen LogP contribution < -0.4 is 5.32 Å². The smallest absolute Gasteiger partial charge is 0.328 e. The van der Waals surface area contributed by atoms with Gasteiger partial charge < -0.3 is 14.8 Å². The Bertz CT molecular complexity index is 379. The maximum atomic E-state index is 12.1. The summed E-state index contributed by atoms with van der Waals surface area (Å²) in [5.74, 6) is 0.125. The van der Waals surface area contributed by atoms with Gasteiger partial charge in [0.1, 0.15) is 12.1 Å². The van der Waals surface area contributed by atoms with Crippen LogP contribution in [0.2, 0.25) is 0 Å². The van der Waals surface area contributed by atoms with Gasteiger partial charge >= 0.3 is 5.97 Å². The third-order valence-electron chi connectivity index (χ3n) is 4.87. The molecular formula is C17H29NO4. The Hall–Kier alpha value is -1.10. The lowest BCUT2D eigenvalue weighted by molar-refractivity contribution is -0.156. The van der Waals surface area contributed by atoms with Crippen LogP contribution in [0.1, 0.15) is 64.7 Å². The van der Waals surface area contributed by atoms with Crippen molar-refractivity contribution in [1.29, 1.82) is 0 Å². The zero-order chi connectivity index (χ0) is 15.9. The van der Waals surface area contributed by atoms with Crippen molar-refractivity contribution < 1.29 is 19.1 Å². The molecule has 0 aromatic rings. The fourth-order valence-corrected chi connectivity index (χ4v) is 3.53. The van der Waals surface area contributed by atoms with E-state index in [1.54, 1.807) is 14.0 Å². The zero-order valence-electron chi connectivity index (χ0n) is 13.8. The molecule has 2 aliphatic rings. The van der Waals surface area contributed by atoms with E-state index in [4.69, 9.17) is 9.47 Å². The van der Waals surface area contributed by atoms with Crippen LogP contribution in [0.15, 0.2) is 0 Å². The Balaban J connectivity index is 1.70. The minimum absolute atomic E-state index is 0.0326. The highest BCUT2D eigenvalue weighted by Crippen LogP contribution is 2.27. The van der Waals surface area contributed by atoms with Crippen molar-refractivity contribution in [3.63, 3.8) is 0 Å². The van der Waals surface area contributed by atoms with Crippen LogP contribution >= 0.6 is 0 Å². The van der Waals surface area contributed by atoms with E-state index in [1.807, 2.05) is 0 Å². The monoisotopic (exact) mass is 311 g/mol. The number of amides is 1. The van der Waals surface area contributed by atoms with Crippen molar-refractivity contribution >= 4 is 11.9 Å². The predicted octanol–water partition coefficient (Wildman–Crippen LogP) is 2.57. The first kappa shape index (κ1) is 17.3. The molecule has 1 amide bonds. The summed E-state index contributed by atoms with van der Waals surface area (Å²) in [6, 6.07) is -0.572. The Morgan fingerprint density at radius 3 is 2.45 bits per heavy atom. The van der Waals surface area contributed by atoms with Gasteiger partial charge in [0.25, 0.3) is 0 Å². The minimum Gasteiger partial charge on any atom is -0.461 e. The van der Waals surface area contributed by atoms with Crippen molar-refractivity contribution in [3.8, 4) is 0 Å². The van der Waals surface area contributed by atoms with Crippen molar-refractivity contribution in [2.45, 2.75) is 83.0 Å². The fraction of sp³-hybridized carbons (Fsp3) is 0.882. The first-order valence-electron chi connectivity index (χ1n) is 8.61. The molecule has 22 heavy (non-hydrogen) atoms. The molecule has 0 bridgehead atoms. The lowest BCUT2D eigenvalue weighted by atomic mass is 9.95. The molecule has 0 radical (unpaired) electrons. The second kappa shape index (κ2) is 8.51. The van der Waals surface area contributed by atoms with Crippen LogP contribution in [0.3, 0.4) is 0 Å². The van der Waals surface area contributed by atoms with E-state index in [0.29, 0.717) is 12.3 Å². The summed E-state index contributed by atoms with van der Waals surface area (Å²) in [7, 11) is 1.70. The number of carbonyl (C=O) groups is 2. The third-order valence-corrected chi connectivity index (χ3v) is 4.87. The van der Waals surface area contributed by atoms with Gasteiger partial charge in [0.2, 0.25) is 5.91 Å². The van der Waals surface area contributed by atoms with Gasteiger partial charge in [-0.3, -0.25) is 4.79 Å². The summed E-state index contributed by atoms with van der Waals surface area (Å²) in [6.07, 6.45) is 9.01. The van der Waals surface area contributed by atoms with E-state index in [-0.39, 0.29) is 24.1 Å². The van der Waals surface area contributed by atoms with Crippen molar-refractivity contribution in [2.24, 2.45) is 5.92 Å². The Kier molecular flexibility index (Phi) is 6.68. The fourth-order valence-electron chi connectivity index (χ4n) is 3.53. The number of hydrogen-bond donors (Lipinski definition) is 1. The molecule has 0 aromatic carbocycles. The van der Waals surface area contributed by atoms with Gasteiger partial charge in [0, 0.05) is 20.0 Å². The Morgan fingerprint density at radius 1 is 1.09 bits per heavy atom. The van der Waals surface area contributed by atoms with E-state index < -0.39 is 6.04 Å². The number of nitrogens with one attached hydrogen (secondary N) is 1. The van der Waals surface area contributed by atoms with Crippen LogP contribution in [0, 0.1) is 5.92 Å². The second-order valence-corrected chi connectivity index (χ2v) is 6.73. The second-order valence-electron chi connectivity index (χ2n) is 6.73. The quantitative estimate of drug-likeness (QED) is 0.766. The molecule has 5 nitrogen and oxygen atoms in total. The van der Waals surface area contributed by atoms with E-state index in [9.17, 15) is 9.59 Å². The number of carbonyl (C=O) groups excluding carboxylic acids is 2. The molecule has 2 rings (SSSR count). The van der Waals surface area contributed by atoms with Crippen LogP contribution in [-0.4, -0.2) is 37.2 Å². The van der Waals surface area contributed by atoms with Crippen LogP contribution in [0.25, 0.3) is 0 Å². The average molecular weight is 311 g/mol. The average Bonchev–Trinajstić information content (AvgIpc) is 3.00. The van der Waals surface area contributed by atoms with Gasteiger partial charge in [-0.05, 0) is 44.9 Å². The molecule has 1 N–H and O–H groups in total. The molecule has 126 valence electrons. The van der Waals surface area contributed by atoms with E-state index in [0.717, 1.165) is 38.5 Å². The molecule has 0 heterocycles. The number of esters is 1. The summed E-state index contributed by atoms with van der Waals surface area (Å²) in [5.41, 5.74) is 0. The van der Waals surface area contributed by atoms with Gasteiger partial charge in [-0.25, -0.2) is 4.79 Å². The highest BCUT2D eigenvalue weighted by molar-refractivity contribution is 5.84. The molecule has 3 atom stereocenters. The standard InChI is InChI=1S/C17H29NO4/c1-12(18-16(19)10-13-6-3-4-7-13)17(20)22-15-9-5-8-14(11-15)21-2/h12-15H,3-11H2,1-2H3,(H,18,19)/t12-,14-,15-/m1/s1. The molecular weight excluding hydrogens is 282 g/mol. The summed E-state index contributed by atoms with van der Waals surface area (Å²) in [4.78, 5) is 24.1. The van der Waals surface area contributed by atoms with Crippen molar-refractivity contribution in [2.75, 3.05) is 7.11 Å². The summed E-state index contributed by atoms with van der Waals surface area (Å²) in [5, 5.41) is 2.78. The molecule has 0 aromatic heterocycles. The largest absolute Gasteiger partial charge is 0.461 e. The highest BCUT2D eigenvalue weighted by Gasteiger charge is 2.27. The van der Waals surface area contributed by atoms with Gasteiger partial charge in [-0.2, -0.15) is 0 Å². The maximum Gasteiger partial charge on any atom is 0.328 e. The normalized spacial score (nSPS) is 27.4. The lowest BCUT2D eigenvalue weighted by Gasteiger charge is -2.28. The van der Waals surface area contributed by atoms with E-state index in [1.165, 1.54) is 12.8 Å². The number of methoxy groups -OCH3 is 1. The van der Waals surface area contributed by atoms with Gasteiger partial charge in [-0.1, -0.05) is 12.8 Å².